The molecule has 0 aliphatic rings. The summed E-state index contributed by atoms with van der Waals surface area (Å²) in [5.41, 5.74) is 1.03. The van der Waals surface area contributed by atoms with Crippen LogP contribution < -0.4 is 4.74 Å². The predicted molar refractivity (Wildman–Crippen MR) is 116 cm³/mol. The number of hydrogen-bond donors (Lipinski definition) is 1. The Labute approximate surface area is 192 Å². The molecule has 0 saturated heterocycles. The molecule has 0 fully saturated rings. The van der Waals surface area contributed by atoms with Crippen molar-refractivity contribution in [3.05, 3.63) is 34.9 Å². The average molecular weight is 485 g/mol. The highest BCUT2D eigenvalue weighted by molar-refractivity contribution is 7.86. The van der Waals surface area contributed by atoms with Gasteiger partial charge < -0.3 is 14.6 Å². The average Bonchev–Trinajstić information content (AvgIpc) is 2.79. The van der Waals surface area contributed by atoms with E-state index in [0.717, 1.165) is 26.4 Å². The molecule has 2 rings (SSSR count). The van der Waals surface area contributed by atoms with Crippen LogP contribution in [0.25, 0.3) is 0 Å². The molecule has 0 bridgehead atoms. The van der Waals surface area contributed by atoms with Gasteiger partial charge in [-0.05, 0) is 31.9 Å². The van der Waals surface area contributed by atoms with Crippen molar-refractivity contribution in [1.29, 1.82) is 0 Å². The van der Waals surface area contributed by atoms with Crippen molar-refractivity contribution in [2.24, 2.45) is 0 Å². The summed E-state index contributed by atoms with van der Waals surface area (Å²) in [5, 5.41) is 8.23. The first-order valence-corrected chi connectivity index (χ1v) is 11.5. The topological polar surface area (TPSA) is 168 Å². The smallest absolute Gasteiger partial charge is 0.357 e. The minimum absolute atomic E-state index is 0.0275. The van der Waals surface area contributed by atoms with Crippen molar-refractivity contribution < 1.29 is 36.8 Å². The number of carbonyl (C=O) groups is 2. The number of hydrogen-bond acceptors (Lipinski definition) is 11. The molecule has 2 heterocycles. The van der Waals surface area contributed by atoms with Crippen LogP contribution in [0.15, 0.2) is 17.3 Å². The van der Waals surface area contributed by atoms with E-state index in [9.17, 15) is 18.0 Å². The molecule has 0 saturated carbocycles. The Balaban J connectivity index is 0.000000346. The Hall–Kier alpha value is -3.19. The Kier molecular flexibility index (Phi) is 11.3. The molecular weight excluding hydrogens is 456 g/mol. The maximum Gasteiger partial charge on any atom is 0.357 e. The first-order valence-electron chi connectivity index (χ1n) is 10.1. The third-order valence-corrected chi connectivity index (χ3v) is 4.93. The maximum absolute atomic E-state index is 11.6. The second-order valence-corrected chi connectivity index (χ2v) is 8.01. The molecule has 0 atom stereocenters. The van der Waals surface area contributed by atoms with Gasteiger partial charge in [-0.25, -0.2) is 24.5 Å². The van der Waals surface area contributed by atoms with Crippen LogP contribution in [-0.2, 0) is 31.9 Å². The normalized spacial score (nSPS) is 10.7. The number of aryl methyl sites for hydroxylation is 2. The lowest BCUT2D eigenvalue weighted by Gasteiger charge is -2.06. The number of esters is 1. The standard InChI is InChI=1S/C11H16N2O5S.C9H12N2O3/c1-4-6-8-7-9(10(14)18-5-2)13-11(12-8)19(15,16)17-3;1-3-4-6-5-7(8(12)13)11-9(10-6)14-2/h7H,4-6H2,1-3H3;5H,3-4H2,1-2H3,(H,12,13). The molecule has 0 aliphatic heterocycles. The number of carbonyl (C=O) groups excluding carboxylic acids is 1. The van der Waals surface area contributed by atoms with Gasteiger partial charge in [0.05, 0.1) is 20.8 Å². The minimum atomic E-state index is -4.04. The second kappa shape index (κ2) is 13.4. The number of ether oxygens (including phenoxy) is 2. The van der Waals surface area contributed by atoms with E-state index < -0.39 is 27.2 Å². The summed E-state index contributed by atoms with van der Waals surface area (Å²) in [6.07, 6.45) is 2.91. The molecule has 0 unspecified atom stereocenters. The fourth-order valence-electron chi connectivity index (χ4n) is 2.41. The van der Waals surface area contributed by atoms with Gasteiger partial charge in [0.2, 0.25) is 0 Å². The highest BCUT2D eigenvalue weighted by Gasteiger charge is 2.22. The second-order valence-electron chi connectivity index (χ2n) is 6.40. The van der Waals surface area contributed by atoms with Gasteiger partial charge in [-0.1, -0.05) is 26.7 Å². The molecule has 0 amide bonds. The number of carboxylic acid groups (broad SMARTS) is 1. The Morgan fingerprint density at radius 2 is 1.48 bits per heavy atom. The molecule has 0 spiro atoms. The summed E-state index contributed by atoms with van der Waals surface area (Å²) < 4.78 is 37.1. The van der Waals surface area contributed by atoms with E-state index in [1.807, 2.05) is 13.8 Å². The molecule has 0 aromatic carbocycles. The lowest BCUT2D eigenvalue weighted by molar-refractivity contribution is 0.0517. The highest BCUT2D eigenvalue weighted by atomic mass is 32.2. The van der Waals surface area contributed by atoms with Crippen molar-refractivity contribution in [1.82, 2.24) is 19.9 Å². The summed E-state index contributed by atoms with van der Waals surface area (Å²) in [6.45, 7) is 5.74. The van der Waals surface area contributed by atoms with E-state index in [4.69, 9.17) is 14.6 Å². The van der Waals surface area contributed by atoms with Crippen molar-refractivity contribution in [3.63, 3.8) is 0 Å². The zero-order valence-electron chi connectivity index (χ0n) is 19.2. The lowest BCUT2D eigenvalue weighted by atomic mass is 10.2. The molecule has 2 aromatic rings. The molecule has 2 aromatic heterocycles. The third-order valence-electron chi connectivity index (χ3n) is 3.86. The molecule has 1 N–H and O–H groups in total. The number of rotatable bonds is 10. The van der Waals surface area contributed by atoms with Gasteiger partial charge in [-0.15, -0.1) is 0 Å². The molecule has 13 heteroatoms. The maximum atomic E-state index is 11.6. The molecule has 33 heavy (non-hydrogen) atoms. The monoisotopic (exact) mass is 484 g/mol. The summed E-state index contributed by atoms with van der Waals surface area (Å²) in [4.78, 5) is 37.6. The molecular formula is C20H28N4O8S. The fraction of sp³-hybridized carbons (Fsp3) is 0.500. The number of aromatic carboxylic acids is 1. The van der Waals surface area contributed by atoms with Crippen LogP contribution in [0.5, 0.6) is 6.01 Å². The Morgan fingerprint density at radius 1 is 0.909 bits per heavy atom. The Morgan fingerprint density at radius 3 is 1.97 bits per heavy atom. The van der Waals surface area contributed by atoms with Crippen LogP contribution in [0.1, 0.15) is 66.0 Å². The van der Waals surface area contributed by atoms with Crippen molar-refractivity contribution >= 4 is 22.1 Å². The summed E-state index contributed by atoms with van der Waals surface area (Å²) >= 11 is 0. The zero-order valence-corrected chi connectivity index (χ0v) is 20.0. The summed E-state index contributed by atoms with van der Waals surface area (Å²) in [6, 6.07) is 3.00. The van der Waals surface area contributed by atoms with Gasteiger partial charge in [0, 0.05) is 11.4 Å². The first kappa shape index (κ1) is 27.8. The highest BCUT2D eigenvalue weighted by Crippen LogP contribution is 2.12. The first-order chi connectivity index (χ1) is 15.6. The van der Waals surface area contributed by atoms with Gasteiger partial charge >= 0.3 is 28.1 Å². The fourth-order valence-corrected chi connectivity index (χ4v) is 3.00. The van der Waals surface area contributed by atoms with Crippen molar-refractivity contribution in [3.8, 4) is 6.01 Å². The van der Waals surface area contributed by atoms with Crippen LogP contribution in [-0.4, -0.2) is 66.2 Å². The number of methoxy groups -OCH3 is 1. The van der Waals surface area contributed by atoms with Crippen LogP contribution in [0.4, 0.5) is 0 Å². The van der Waals surface area contributed by atoms with E-state index >= 15 is 0 Å². The van der Waals surface area contributed by atoms with E-state index in [1.54, 1.807) is 6.92 Å². The zero-order chi connectivity index (χ0) is 25.0. The van der Waals surface area contributed by atoms with Gasteiger partial charge in [0.15, 0.2) is 11.4 Å². The Bertz CT molecular complexity index is 1060. The van der Waals surface area contributed by atoms with Gasteiger partial charge in [0.1, 0.15) is 0 Å². The van der Waals surface area contributed by atoms with Crippen LogP contribution in [0.2, 0.25) is 0 Å². The minimum Gasteiger partial charge on any atom is -0.477 e. The quantitative estimate of drug-likeness (QED) is 0.296. The van der Waals surface area contributed by atoms with Crippen molar-refractivity contribution in [2.45, 2.75) is 51.6 Å². The van der Waals surface area contributed by atoms with Crippen LogP contribution in [0, 0.1) is 0 Å². The van der Waals surface area contributed by atoms with E-state index in [0.29, 0.717) is 17.8 Å². The lowest BCUT2D eigenvalue weighted by Crippen LogP contribution is -2.15. The molecule has 0 aliphatic carbocycles. The number of aromatic nitrogens is 4. The predicted octanol–water partition coefficient (Wildman–Crippen LogP) is 2.08. The SMILES string of the molecule is CCCc1cc(C(=O)O)nc(OC)n1.CCCc1cc(C(=O)OCC)nc(S(=O)(=O)OC)n1. The molecule has 0 radical (unpaired) electrons. The number of carboxylic acids is 1. The van der Waals surface area contributed by atoms with Gasteiger partial charge in [-0.3, -0.25) is 4.18 Å². The summed E-state index contributed by atoms with van der Waals surface area (Å²) in [5.74, 6) is -1.75. The molecule has 182 valence electrons. The van der Waals surface area contributed by atoms with Gasteiger partial charge in [0.25, 0.3) is 5.16 Å². The van der Waals surface area contributed by atoms with E-state index in [1.165, 1.54) is 19.2 Å². The van der Waals surface area contributed by atoms with E-state index in [-0.39, 0.29) is 24.0 Å². The third kappa shape index (κ3) is 8.69. The van der Waals surface area contributed by atoms with Crippen LogP contribution >= 0.6 is 0 Å². The largest absolute Gasteiger partial charge is 0.477 e. The van der Waals surface area contributed by atoms with E-state index in [2.05, 4.69) is 24.1 Å². The van der Waals surface area contributed by atoms with Crippen LogP contribution in [0.3, 0.4) is 0 Å². The van der Waals surface area contributed by atoms with Crippen molar-refractivity contribution in [2.75, 3.05) is 20.8 Å². The number of nitrogens with zero attached hydrogens (tertiary/aromatic N) is 4. The summed E-state index contributed by atoms with van der Waals surface area (Å²) in [7, 11) is -1.62. The molecule has 12 nitrogen and oxygen atoms in total. The van der Waals surface area contributed by atoms with Gasteiger partial charge in [-0.2, -0.15) is 13.4 Å².